The number of aliphatic hydroxyl groups is 3. The average Bonchev–Trinajstić information content (AvgIpc) is 2.82. The molecule has 2 aromatic carbocycles. The summed E-state index contributed by atoms with van der Waals surface area (Å²) in [5, 5.41) is 44.5. The summed E-state index contributed by atoms with van der Waals surface area (Å²) in [6.45, 7) is 0. The Bertz CT molecular complexity index is 1370. The summed E-state index contributed by atoms with van der Waals surface area (Å²) in [7, 11) is 3.19. The molecule has 6 atom stereocenters. The largest absolute Gasteiger partial charge is 0.507 e. The standard InChI is InChI=1S/C27H27FN2O7/c1-30(2)21-16-10-12-9-15-14(11-3-5-13(28)6-4-11)7-8-17(31)19(15)22(32)18(12)24(34)27(16,37)25(35)20(23(21)33)26(29)36/h3-8,12,16,20-21,23,31-33,37H,9-10H2,1-2H3,(H2,29,36)/t12-,16-,20?,21-,23?,27-/m0/s1. The average molecular weight is 511 g/mol. The molecule has 3 aliphatic carbocycles. The molecule has 0 radical (unpaired) electrons. The number of aromatic hydroxyl groups is 1. The molecule has 10 heteroatoms. The molecule has 5 rings (SSSR count). The Balaban J connectivity index is 1.70. The lowest BCUT2D eigenvalue weighted by Gasteiger charge is -2.53. The van der Waals surface area contributed by atoms with Gasteiger partial charge in [0.1, 0.15) is 23.2 Å². The molecule has 0 bridgehead atoms. The molecule has 3 aliphatic rings. The van der Waals surface area contributed by atoms with Crippen LogP contribution >= 0.6 is 0 Å². The highest BCUT2D eigenvalue weighted by Gasteiger charge is 2.67. The van der Waals surface area contributed by atoms with Gasteiger partial charge in [-0.3, -0.25) is 14.4 Å². The minimum absolute atomic E-state index is 0.0117. The van der Waals surface area contributed by atoms with Crippen LogP contribution in [0.2, 0.25) is 0 Å². The van der Waals surface area contributed by atoms with Gasteiger partial charge in [0.05, 0.1) is 11.7 Å². The number of likely N-dealkylation sites (N-methyl/N-ethyl adjacent to an activating group) is 1. The molecule has 194 valence electrons. The zero-order chi connectivity index (χ0) is 27.0. The normalized spacial score (nSPS) is 31.1. The van der Waals surface area contributed by atoms with Crippen LogP contribution in [0.25, 0.3) is 16.9 Å². The number of ketones is 2. The van der Waals surface area contributed by atoms with Crippen molar-refractivity contribution in [1.29, 1.82) is 0 Å². The first kappa shape index (κ1) is 25.1. The summed E-state index contributed by atoms with van der Waals surface area (Å²) in [6, 6.07) is 7.70. The molecule has 0 heterocycles. The molecule has 2 saturated carbocycles. The smallest absolute Gasteiger partial charge is 0.230 e. The van der Waals surface area contributed by atoms with Crippen LogP contribution in [0.5, 0.6) is 5.75 Å². The Morgan fingerprint density at radius 2 is 1.76 bits per heavy atom. The van der Waals surface area contributed by atoms with Gasteiger partial charge in [-0.1, -0.05) is 18.2 Å². The van der Waals surface area contributed by atoms with Crippen LogP contribution in [0.15, 0.2) is 42.0 Å². The van der Waals surface area contributed by atoms with E-state index < -0.39 is 64.6 Å². The number of carbonyl (C=O) groups excluding carboxylic acids is 3. The summed E-state index contributed by atoms with van der Waals surface area (Å²) in [6.07, 6.45) is -1.36. The van der Waals surface area contributed by atoms with Crippen molar-refractivity contribution in [2.45, 2.75) is 30.6 Å². The molecule has 2 unspecified atom stereocenters. The van der Waals surface area contributed by atoms with Gasteiger partial charge >= 0.3 is 0 Å². The predicted octanol–water partition coefficient (Wildman–Crippen LogP) is 0.935. The van der Waals surface area contributed by atoms with Gasteiger partial charge in [-0.2, -0.15) is 0 Å². The maximum absolute atomic E-state index is 13.8. The highest BCUT2D eigenvalue weighted by Crippen LogP contribution is 2.53. The zero-order valence-corrected chi connectivity index (χ0v) is 20.2. The van der Waals surface area contributed by atoms with E-state index >= 15 is 0 Å². The van der Waals surface area contributed by atoms with E-state index in [2.05, 4.69) is 0 Å². The number of nitrogens with two attached hydrogens (primary N) is 1. The van der Waals surface area contributed by atoms with E-state index in [-0.39, 0.29) is 29.7 Å². The van der Waals surface area contributed by atoms with Gasteiger partial charge in [0.25, 0.3) is 0 Å². The molecular formula is C27H27FN2O7. The molecule has 0 spiro atoms. The second-order valence-electron chi connectivity index (χ2n) is 10.3. The van der Waals surface area contributed by atoms with Crippen LogP contribution in [-0.2, 0) is 20.8 Å². The predicted molar refractivity (Wildman–Crippen MR) is 129 cm³/mol. The number of halogens is 1. The molecule has 6 N–H and O–H groups in total. The van der Waals surface area contributed by atoms with E-state index in [9.17, 15) is 39.2 Å². The molecule has 0 aliphatic heterocycles. The first-order valence-electron chi connectivity index (χ1n) is 11.9. The molecule has 2 aromatic rings. The fourth-order valence-corrected chi connectivity index (χ4v) is 6.50. The molecule has 9 nitrogen and oxygen atoms in total. The van der Waals surface area contributed by atoms with Gasteiger partial charge in [-0.05, 0) is 67.7 Å². The van der Waals surface area contributed by atoms with E-state index in [1.165, 1.54) is 23.1 Å². The van der Waals surface area contributed by atoms with Crippen LogP contribution in [0.1, 0.15) is 17.5 Å². The van der Waals surface area contributed by atoms with E-state index in [1.54, 1.807) is 32.3 Å². The van der Waals surface area contributed by atoms with E-state index in [1.807, 2.05) is 0 Å². The third kappa shape index (κ3) is 3.43. The fourth-order valence-electron chi connectivity index (χ4n) is 6.50. The first-order chi connectivity index (χ1) is 17.4. The number of carbonyl (C=O) groups is 3. The van der Waals surface area contributed by atoms with Gasteiger partial charge in [0, 0.05) is 17.5 Å². The topological polar surface area (TPSA) is 161 Å². The number of nitrogens with zero attached hydrogens (tertiary/aromatic N) is 1. The minimum Gasteiger partial charge on any atom is -0.507 e. The Kier molecular flexibility index (Phi) is 5.74. The maximum Gasteiger partial charge on any atom is 0.230 e. The lowest BCUT2D eigenvalue weighted by molar-refractivity contribution is -0.184. The number of amides is 1. The lowest BCUT2D eigenvalue weighted by Crippen LogP contribution is -2.73. The van der Waals surface area contributed by atoms with Crippen molar-refractivity contribution in [3.05, 3.63) is 58.9 Å². The number of hydrogen-bond acceptors (Lipinski definition) is 8. The number of hydrogen-bond donors (Lipinski definition) is 5. The molecule has 1 amide bonds. The van der Waals surface area contributed by atoms with Crippen molar-refractivity contribution in [3.63, 3.8) is 0 Å². The van der Waals surface area contributed by atoms with E-state index in [4.69, 9.17) is 5.73 Å². The Morgan fingerprint density at radius 1 is 1.11 bits per heavy atom. The number of benzene rings is 2. The number of Topliss-reactive ketones (excluding diaryl/α,β-unsaturated/α-hetero) is 2. The first-order valence-corrected chi connectivity index (χ1v) is 11.9. The van der Waals surface area contributed by atoms with Crippen molar-refractivity contribution in [3.8, 4) is 16.9 Å². The number of rotatable bonds is 3. The van der Waals surface area contributed by atoms with Gasteiger partial charge in [0.15, 0.2) is 11.4 Å². The number of aliphatic hydroxyl groups excluding tert-OH is 2. The maximum atomic E-state index is 13.8. The molecule has 37 heavy (non-hydrogen) atoms. The van der Waals surface area contributed by atoms with Crippen molar-refractivity contribution >= 4 is 23.2 Å². The fraction of sp³-hybridized carbons (Fsp3) is 0.370. The molecule has 0 saturated heterocycles. The summed E-state index contributed by atoms with van der Waals surface area (Å²) in [5.74, 6) is -8.32. The van der Waals surface area contributed by atoms with Crippen molar-refractivity contribution in [2.24, 2.45) is 23.5 Å². The van der Waals surface area contributed by atoms with Gasteiger partial charge in [-0.15, -0.1) is 0 Å². The third-order valence-electron chi connectivity index (χ3n) is 8.13. The molecule has 0 aromatic heterocycles. The zero-order valence-electron chi connectivity index (χ0n) is 20.2. The summed E-state index contributed by atoms with van der Waals surface area (Å²) in [4.78, 5) is 40.8. The van der Waals surface area contributed by atoms with Crippen LogP contribution in [0.3, 0.4) is 0 Å². The SMILES string of the molecule is CN(C)[C@@H]1C(O)C(C(N)=O)C(=O)[C@@]2(O)C(=O)C3=C(O)c4c(O)ccc(-c5ccc(F)cc5)c4C[C@H]3C[C@@H]12. The monoisotopic (exact) mass is 510 g/mol. The van der Waals surface area contributed by atoms with Crippen molar-refractivity contribution in [2.75, 3.05) is 14.1 Å². The quantitative estimate of drug-likeness (QED) is 0.381. The van der Waals surface area contributed by atoms with Gasteiger partial charge < -0.3 is 31.1 Å². The second-order valence-corrected chi connectivity index (χ2v) is 10.3. The number of phenolic OH excluding ortho intramolecular Hbond substituents is 1. The molecule has 2 fully saturated rings. The minimum atomic E-state index is -2.70. The Labute approximate surface area is 211 Å². The molecular weight excluding hydrogens is 483 g/mol. The van der Waals surface area contributed by atoms with Gasteiger partial charge in [-0.25, -0.2) is 4.39 Å². The number of phenols is 1. The second kappa shape index (κ2) is 8.47. The van der Waals surface area contributed by atoms with Crippen LogP contribution in [0, 0.1) is 23.6 Å². The van der Waals surface area contributed by atoms with Crippen LogP contribution < -0.4 is 5.73 Å². The summed E-state index contributed by atoms with van der Waals surface area (Å²) < 4.78 is 13.5. The highest BCUT2D eigenvalue weighted by atomic mass is 19.1. The highest BCUT2D eigenvalue weighted by molar-refractivity contribution is 6.25. The van der Waals surface area contributed by atoms with Crippen molar-refractivity contribution < 1.29 is 39.2 Å². The van der Waals surface area contributed by atoms with Crippen molar-refractivity contribution in [1.82, 2.24) is 4.90 Å². The lowest BCUT2D eigenvalue weighted by atomic mass is 9.54. The van der Waals surface area contributed by atoms with Crippen LogP contribution in [0.4, 0.5) is 4.39 Å². The number of primary amides is 1. The van der Waals surface area contributed by atoms with E-state index in [0.717, 1.165) is 0 Å². The number of fused-ring (bicyclic) bond motifs is 3. The van der Waals surface area contributed by atoms with E-state index in [0.29, 0.717) is 16.7 Å². The summed E-state index contributed by atoms with van der Waals surface area (Å²) >= 11 is 0. The van der Waals surface area contributed by atoms with Crippen LogP contribution in [-0.4, -0.2) is 74.6 Å². The van der Waals surface area contributed by atoms with Gasteiger partial charge in [0.2, 0.25) is 11.7 Å². The Hall–Kier alpha value is -3.60. The third-order valence-corrected chi connectivity index (χ3v) is 8.13. The Morgan fingerprint density at radius 3 is 2.35 bits per heavy atom. The summed E-state index contributed by atoms with van der Waals surface area (Å²) in [5.41, 5.74) is 4.22.